The predicted molar refractivity (Wildman–Crippen MR) is 160 cm³/mol. The number of H-pyrrole nitrogens is 2. The Bertz CT molecular complexity index is 1340. The lowest BCUT2D eigenvalue weighted by Gasteiger charge is -2.47. The Morgan fingerprint density at radius 1 is 0.976 bits per heavy atom. The van der Waals surface area contributed by atoms with Crippen molar-refractivity contribution in [3.8, 4) is 5.75 Å². The maximum absolute atomic E-state index is 13.6. The first kappa shape index (κ1) is 27.7. The van der Waals surface area contributed by atoms with Gasteiger partial charge in [0, 0.05) is 56.5 Å². The number of hydrogen-bond donors (Lipinski definition) is 2. The molecule has 0 radical (unpaired) electrons. The van der Waals surface area contributed by atoms with Crippen LogP contribution >= 0.6 is 11.3 Å². The molecule has 1 spiro atoms. The van der Waals surface area contributed by atoms with E-state index in [4.69, 9.17) is 4.74 Å². The number of piperidine rings is 2. The average Bonchev–Trinajstić information content (AvgIpc) is 3.79. The second-order valence-electron chi connectivity index (χ2n) is 11.4. The standard InChI is InChI=1S/C31H39N7O2S/c1-40-26-7-18-41-27(26)20-36-16-9-31(10-17-36)8-2-15-38(23-31)30(39)25-5-3-24(4-6-25)19-37(21-28-32-11-12-33-28)22-29-34-13-14-35-29/h3-7,11-14,18H,2,8-10,15-17,19-23H2,1H3,(H,32,33)(H,34,35). The Kier molecular flexibility index (Phi) is 8.50. The van der Waals surface area contributed by atoms with Crippen LogP contribution in [0.3, 0.4) is 0 Å². The molecule has 2 aliphatic heterocycles. The third kappa shape index (κ3) is 6.72. The minimum atomic E-state index is 0.157. The second kappa shape index (κ2) is 12.6. The summed E-state index contributed by atoms with van der Waals surface area (Å²) in [4.78, 5) is 37.0. The van der Waals surface area contributed by atoms with E-state index in [0.717, 1.165) is 87.1 Å². The smallest absolute Gasteiger partial charge is 0.253 e. The second-order valence-corrected chi connectivity index (χ2v) is 12.4. The van der Waals surface area contributed by atoms with Gasteiger partial charge in [-0.05, 0) is 73.3 Å². The fraction of sp³-hybridized carbons (Fsp3) is 0.452. The van der Waals surface area contributed by atoms with Crippen molar-refractivity contribution < 1.29 is 9.53 Å². The lowest BCUT2D eigenvalue weighted by atomic mass is 9.72. The van der Waals surface area contributed by atoms with E-state index >= 15 is 0 Å². The molecule has 2 saturated heterocycles. The molecule has 1 amide bonds. The van der Waals surface area contributed by atoms with Crippen molar-refractivity contribution in [2.45, 2.75) is 51.9 Å². The number of imidazole rings is 2. The number of carbonyl (C=O) groups is 1. The highest BCUT2D eigenvalue weighted by Crippen LogP contribution is 2.41. The first-order chi connectivity index (χ1) is 20.1. The Hall–Kier alpha value is -3.47. The van der Waals surface area contributed by atoms with Gasteiger partial charge in [-0.1, -0.05) is 12.1 Å². The van der Waals surface area contributed by atoms with Crippen LogP contribution in [-0.4, -0.2) is 73.8 Å². The highest BCUT2D eigenvalue weighted by Gasteiger charge is 2.40. The number of benzene rings is 1. The number of methoxy groups -OCH3 is 1. The molecular formula is C31H39N7O2S. The van der Waals surface area contributed by atoms with Crippen LogP contribution < -0.4 is 4.74 Å². The van der Waals surface area contributed by atoms with E-state index in [2.05, 4.69) is 58.2 Å². The number of nitrogens with one attached hydrogen (secondary N) is 2. The fourth-order valence-electron chi connectivity index (χ4n) is 6.36. The topological polar surface area (TPSA) is 93.4 Å². The van der Waals surface area contributed by atoms with Crippen molar-refractivity contribution in [1.82, 2.24) is 34.6 Å². The van der Waals surface area contributed by atoms with E-state index in [1.807, 2.05) is 24.5 Å². The zero-order chi connectivity index (χ0) is 28.1. The summed E-state index contributed by atoms with van der Waals surface area (Å²) in [5.74, 6) is 2.99. The number of thiophene rings is 1. The largest absolute Gasteiger partial charge is 0.496 e. The highest BCUT2D eigenvalue weighted by atomic mass is 32.1. The van der Waals surface area contributed by atoms with Crippen molar-refractivity contribution in [2.24, 2.45) is 5.41 Å². The maximum Gasteiger partial charge on any atom is 0.253 e. The van der Waals surface area contributed by atoms with Crippen LogP contribution in [0.4, 0.5) is 0 Å². The van der Waals surface area contributed by atoms with Crippen LogP contribution in [0, 0.1) is 5.41 Å². The van der Waals surface area contributed by atoms with Gasteiger partial charge in [-0.2, -0.15) is 0 Å². The van der Waals surface area contributed by atoms with Crippen LogP contribution in [-0.2, 0) is 26.2 Å². The van der Waals surface area contributed by atoms with E-state index in [0.29, 0.717) is 13.1 Å². The summed E-state index contributed by atoms with van der Waals surface area (Å²) in [5, 5.41) is 2.11. The van der Waals surface area contributed by atoms with E-state index in [9.17, 15) is 4.79 Å². The first-order valence-corrected chi connectivity index (χ1v) is 15.4. The van der Waals surface area contributed by atoms with Crippen molar-refractivity contribution in [1.29, 1.82) is 0 Å². The zero-order valence-corrected chi connectivity index (χ0v) is 24.5. The predicted octanol–water partition coefficient (Wildman–Crippen LogP) is 4.92. The van der Waals surface area contributed by atoms with Gasteiger partial charge < -0.3 is 19.6 Å². The number of amides is 1. The molecule has 41 heavy (non-hydrogen) atoms. The van der Waals surface area contributed by atoms with Gasteiger partial charge >= 0.3 is 0 Å². The van der Waals surface area contributed by atoms with Crippen molar-refractivity contribution in [2.75, 3.05) is 33.3 Å². The molecule has 9 nitrogen and oxygen atoms in total. The van der Waals surface area contributed by atoms with E-state index < -0.39 is 0 Å². The van der Waals surface area contributed by atoms with Crippen molar-refractivity contribution >= 4 is 17.2 Å². The van der Waals surface area contributed by atoms with Gasteiger partial charge in [0.25, 0.3) is 5.91 Å². The number of carbonyl (C=O) groups excluding carboxylic acids is 1. The quantitative estimate of drug-likeness (QED) is 0.280. The molecule has 0 saturated carbocycles. The number of likely N-dealkylation sites (tertiary alicyclic amines) is 2. The van der Waals surface area contributed by atoms with Crippen LogP contribution in [0.25, 0.3) is 0 Å². The third-order valence-corrected chi connectivity index (χ3v) is 9.51. The number of aromatic amines is 2. The molecule has 0 unspecified atom stereocenters. The Balaban J connectivity index is 1.05. The third-order valence-electron chi connectivity index (χ3n) is 8.62. The lowest BCUT2D eigenvalue weighted by Crippen LogP contribution is -2.51. The summed E-state index contributed by atoms with van der Waals surface area (Å²) in [6.07, 6.45) is 11.8. The van der Waals surface area contributed by atoms with Crippen LogP contribution in [0.1, 0.15) is 58.1 Å². The van der Waals surface area contributed by atoms with E-state index in [1.165, 1.54) is 11.3 Å². The van der Waals surface area contributed by atoms with Crippen LogP contribution in [0.5, 0.6) is 5.75 Å². The molecular weight excluding hydrogens is 534 g/mol. The molecule has 2 N–H and O–H groups in total. The highest BCUT2D eigenvalue weighted by molar-refractivity contribution is 7.10. The summed E-state index contributed by atoms with van der Waals surface area (Å²) >= 11 is 1.77. The molecule has 5 heterocycles. The summed E-state index contributed by atoms with van der Waals surface area (Å²) < 4.78 is 5.52. The van der Waals surface area contributed by atoms with Gasteiger partial charge in [-0.3, -0.25) is 14.6 Å². The van der Waals surface area contributed by atoms with E-state index in [1.54, 1.807) is 30.8 Å². The van der Waals surface area contributed by atoms with Gasteiger partial charge in [0.1, 0.15) is 17.4 Å². The number of aromatic nitrogens is 4. The van der Waals surface area contributed by atoms with Gasteiger partial charge in [0.05, 0.1) is 25.1 Å². The van der Waals surface area contributed by atoms with Crippen molar-refractivity contribution in [3.05, 3.63) is 88.2 Å². The van der Waals surface area contributed by atoms with E-state index in [-0.39, 0.29) is 11.3 Å². The first-order valence-electron chi connectivity index (χ1n) is 14.5. The molecule has 0 bridgehead atoms. The monoisotopic (exact) mass is 573 g/mol. The molecule has 2 aliphatic rings. The average molecular weight is 574 g/mol. The van der Waals surface area contributed by atoms with Gasteiger partial charge in [0.2, 0.25) is 0 Å². The SMILES string of the molecule is COc1ccsc1CN1CCC2(CCCN(C(=O)c3ccc(CN(Cc4ncc[nH]4)Cc4ncc[nH]4)cc3)C2)CC1. The molecule has 2 fully saturated rings. The molecule has 4 aromatic rings. The summed E-state index contributed by atoms with van der Waals surface area (Å²) in [6.45, 7) is 6.91. The summed E-state index contributed by atoms with van der Waals surface area (Å²) in [6, 6.07) is 10.2. The minimum Gasteiger partial charge on any atom is -0.496 e. The molecule has 216 valence electrons. The number of ether oxygens (including phenoxy) is 1. The summed E-state index contributed by atoms with van der Waals surface area (Å²) in [5.41, 5.74) is 2.17. The Morgan fingerprint density at radius 2 is 1.68 bits per heavy atom. The molecule has 10 heteroatoms. The maximum atomic E-state index is 13.6. The molecule has 0 atom stereocenters. The van der Waals surface area contributed by atoms with Gasteiger partial charge in [0.15, 0.2) is 0 Å². The van der Waals surface area contributed by atoms with Crippen molar-refractivity contribution in [3.63, 3.8) is 0 Å². The molecule has 6 rings (SSSR count). The summed E-state index contributed by atoms with van der Waals surface area (Å²) in [7, 11) is 1.75. The van der Waals surface area contributed by atoms with Crippen LogP contribution in [0.2, 0.25) is 0 Å². The zero-order valence-electron chi connectivity index (χ0n) is 23.7. The normalized spacial score (nSPS) is 17.4. The lowest BCUT2D eigenvalue weighted by molar-refractivity contribution is 0.0198. The fourth-order valence-corrected chi connectivity index (χ4v) is 7.24. The molecule has 3 aromatic heterocycles. The molecule has 1 aromatic carbocycles. The minimum absolute atomic E-state index is 0.157. The van der Waals surface area contributed by atoms with Gasteiger partial charge in [-0.25, -0.2) is 9.97 Å². The number of hydrogen-bond acceptors (Lipinski definition) is 7. The van der Waals surface area contributed by atoms with Crippen LogP contribution in [0.15, 0.2) is 60.5 Å². The Labute approximate surface area is 245 Å². The van der Waals surface area contributed by atoms with Gasteiger partial charge in [-0.15, -0.1) is 11.3 Å². The number of nitrogens with zero attached hydrogens (tertiary/aromatic N) is 5. The molecule has 0 aliphatic carbocycles. The number of rotatable bonds is 10. The Morgan fingerprint density at radius 3 is 2.32 bits per heavy atom.